The maximum absolute atomic E-state index is 11.7. The smallest absolute Gasteiger partial charge is 0.242 e. The van der Waals surface area contributed by atoms with Crippen LogP contribution < -0.4 is 10.2 Å². The highest BCUT2D eigenvalue weighted by atomic mass is 16.2. The standard InChI is InChI=1S/C12H14N4O/c1-14-12(17)10-3-2-6-16(10)11-7-9(8-13)4-5-15-11/h4-5,7,10H,2-3,6H2,1H3,(H,14,17). The van der Waals surface area contributed by atoms with E-state index in [0.717, 1.165) is 19.4 Å². The summed E-state index contributed by atoms with van der Waals surface area (Å²) in [4.78, 5) is 17.9. The molecule has 5 nitrogen and oxygen atoms in total. The molecule has 1 N–H and O–H groups in total. The van der Waals surface area contributed by atoms with E-state index in [-0.39, 0.29) is 11.9 Å². The average molecular weight is 230 g/mol. The van der Waals surface area contributed by atoms with Crippen LogP contribution in [0.4, 0.5) is 5.82 Å². The van der Waals surface area contributed by atoms with Crippen molar-refractivity contribution in [1.82, 2.24) is 10.3 Å². The van der Waals surface area contributed by atoms with Crippen molar-refractivity contribution in [3.63, 3.8) is 0 Å². The normalized spacial score (nSPS) is 18.8. The maximum Gasteiger partial charge on any atom is 0.242 e. The number of anilines is 1. The van der Waals surface area contributed by atoms with E-state index >= 15 is 0 Å². The van der Waals surface area contributed by atoms with Crippen LogP contribution in [0.25, 0.3) is 0 Å². The van der Waals surface area contributed by atoms with Crippen LogP contribution in [0.5, 0.6) is 0 Å². The summed E-state index contributed by atoms with van der Waals surface area (Å²) in [6.45, 7) is 0.806. The SMILES string of the molecule is CNC(=O)C1CCCN1c1cc(C#N)ccn1. The Hall–Kier alpha value is -2.09. The van der Waals surface area contributed by atoms with Gasteiger partial charge in [0.1, 0.15) is 11.9 Å². The molecule has 1 unspecified atom stereocenters. The molecule has 1 amide bonds. The van der Waals surface area contributed by atoms with Crippen molar-refractivity contribution >= 4 is 11.7 Å². The molecular weight excluding hydrogens is 216 g/mol. The number of aromatic nitrogens is 1. The molecular formula is C12H14N4O. The quantitative estimate of drug-likeness (QED) is 0.810. The van der Waals surface area contributed by atoms with Crippen molar-refractivity contribution in [3.8, 4) is 6.07 Å². The number of nitrogens with zero attached hydrogens (tertiary/aromatic N) is 3. The topological polar surface area (TPSA) is 69.0 Å². The predicted molar refractivity (Wildman–Crippen MR) is 63.4 cm³/mol. The number of nitrogens with one attached hydrogen (secondary N) is 1. The maximum atomic E-state index is 11.7. The lowest BCUT2D eigenvalue weighted by Crippen LogP contribution is -2.42. The number of amides is 1. The second-order valence-corrected chi connectivity index (χ2v) is 3.98. The minimum atomic E-state index is -0.165. The Labute approximate surface area is 100 Å². The summed E-state index contributed by atoms with van der Waals surface area (Å²) < 4.78 is 0. The number of rotatable bonds is 2. The van der Waals surface area contributed by atoms with Crippen LogP contribution in [0.2, 0.25) is 0 Å². The first-order valence-corrected chi connectivity index (χ1v) is 5.60. The van der Waals surface area contributed by atoms with Crippen molar-refractivity contribution in [2.45, 2.75) is 18.9 Å². The van der Waals surface area contributed by atoms with Crippen LogP contribution in [0.3, 0.4) is 0 Å². The number of hydrogen-bond donors (Lipinski definition) is 1. The molecule has 1 atom stereocenters. The van der Waals surface area contributed by atoms with Gasteiger partial charge in [-0.05, 0) is 25.0 Å². The molecule has 0 spiro atoms. The van der Waals surface area contributed by atoms with Crippen molar-refractivity contribution in [2.75, 3.05) is 18.5 Å². The van der Waals surface area contributed by atoms with Crippen LogP contribution >= 0.6 is 0 Å². The molecule has 0 radical (unpaired) electrons. The highest BCUT2D eigenvalue weighted by Crippen LogP contribution is 2.24. The van der Waals surface area contributed by atoms with Gasteiger partial charge in [0.2, 0.25) is 5.91 Å². The molecule has 0 saturated carbocycles. The number of hydrogen-bond acceptors (Lipinski definition) is 4. The van der Waals surface area contributed by atoms with Gasteiger partial charge in [-0.15, -0.1) is 0 Å². The minimum Gasteiger partial charge on any atom is -0.357 e. The predicted octanol–water partition coefficient (Wildman–Crippen LogP) is 0.668. The lowest BCUT2D eigenvalue weighted by molar-refractivity contribution is -0.121. The third kappa shape index (κ3) is 2.21. The van der Waals surface area contributed by atoms with E-state index in [2.05, 4.69) is 16.4 Å². The lowest BCUT2D eigenvalue weighted by Gasteiger charge is -2.24. The van der Waals surface area contributed by atoms with E-state index in [1.807, 2.05) is 4.90 Å². The van der Waals surface area contributed by atoms with Gasteiger partial charge in [0, 0.05) is 19.8 Å². The summed E-state index contributed by atoms with van der Waals surface area (Å²) >= 11 is 0. The van der Waals surface area contributed by atoms with Gasteiger partial charge >= 0.3 is 0 Å². The molecule has 1 aliphatic rings. The summed E-state index contributed by atoms with van der Waals surface area (Å²) in [7, 11) is 1.64. The van der Waals surface area contributed by atoms with E-state index in [9.17, 15) is 4.79 Å². The number of nitriles is 1. The largest absolute Gasteiger partial charge is 0.357 e. The molecule has 0 bridgehead atoms. The second kappa shape index (κ2) is 4.83. The highest BCUT2D eigenvalue weighted by molar-refractivity contribution is 5.85. The molecule has 1 fully saturated rings. The Balaban J connectivity index is 2.26. The molecule has 5 heteroatoms. The molecule has 88 valence electrons. The lowest BCUT2D eigenvalue weighted by atomic mass is 10.2. The first-order valence-electron chi connectivity index (χ1n) is 5.60. The summed E-state index contributed by atoms with van der Waals surface area (Å²) in [5.41, 5.74) is 0.567. The van der Waals surface area contributed by atoms with Gasteiger partial charge in [-0.2, -0.15) is 5.26 Å². The zero-order chi connectivity index (χ0) is 12.3. The molecule has 1 aromatic heterocycles. The fraction of sp³-hybridized carbons (Fsp3) is 0.417. The number of carbonyl (C=O) groups is 1. The van der Waals surface area contributed by atoms with Crippen molar-refractivity contribution in [3.05, 3.63) is 23.9 Å². The van der Waals surface area contributed by atoms with E-state index < -0.39 is 0 Å². The fourth-order valence-electron chi connectivity index (χ4n) is 2.13. The van der Waals surface area contributed by atoms with E-state index in [4.69, 9.17) is 5.26 Å². The van der Waals surface area contributed by atoms with Gasteiger partial charge in [-0.1, -0.05) is 0 Å². The Morgan fingerprint density at radius 1 is 1.71 bits per heavy atom. The molecule has 2 rings (SSSR count). The van der Waals surface area contributed by atoms with Crippen LogP contribution in [0.1, 0.15) is 18.4 Å². The highest BCUT2D eigenvalue weighted by Gasteiger charge is 2.30. The Kier molecular flexibility index (Phi) is 3.24. The van der Waals surface area contributed by atoms with Crippen molar-refractivity contribution < 1.29 is 4.79 Å². The summed E-state index contributed by atoms with van der Waals surface area (Å²) in [6, 6.07) is 5.30. The molecule has 0 aromatic carbocycles. The monoisotopic (exact) mass is 230 g/mol. The average Bonchev–Trinajstić information content (AvgIpc) is 2.87. The van der Waals surface area contributed by atoms with E-state index in [1.54, 1.807) is 25.4 Å². The second-order valence-electron chi connectivity index (χ2n) is 3.98. The first kappa shape index (κ1) is 11.4. The fourth-order valence-corrected chi connectivity index (χ4v) is 2.13. The van der Waals surface area contributed by atoms with Crippen LogP contribution in [0.15, 0.2) is 18.3 Å². The Morgan fingerprint density at radius 3 is 3.24 bits per heavy atom. The van der Waals surface area contributed by atoms with Crippen LogP contribution in [-0.2, 0) is 4.79 Å². The Morgan fingerprint density at radius 2 is 2.53 bits per heavy atom. The van der Waals surface area contributed by atoms with Gasteiger partial charge in [-0.25, -0.2) is 4.98 Å². The van der Waals surface area contributed by atoms with Gasteiger partial charge in [0.15, 0.2) is 0 Å². The van der Waals surface area contributed by atoms with Gasteiger partial charge in [-0.3, -0.25) is 4.79 Å². The van der Waals surface area contributed by atoms with Crippen LogP contribution in [-0.4, -0.2) is 30.5 Å². The molecule has 17 heavy (non-hydrogen) atoms. The van der Waals surface area contributed by atoms with Gasteiger partial charge in [0.05, 0.1) is 11.6 Å². The summed E-state index contributed by atoms with van der Waals surface area (Å²) in [5, 5.41) is 11.5. The van der Waals surface area contributed by atoms with Gasteiger partial charge in [0.25, 0.3) is 0 Å². The van der Waals surface area contributed by atoms with Crippen molar-refractivity contribution in [2.24, 2.45) is 0 Å². The zero-order valence-corrected chi connectivity index (χ0v) is 9.68. The summed E-state index contributed by atoms with van der Waals surface area (Å²) in [5.74, 6) is 0.710. The molecule has 1 saturated heterocycles. The van der Waals surface area contributed by atoms with Crippen molar-refractivity contribution in [1.29, 1.82) is 5.26 Å². The first-order chi connectivity index (χ1) is 8.26. The number of carbonyl (C=O) groups excluding carboxylic acids is 1. The van der Waals surface area contributed by atoms with E-state index in [1.165, 1.54) is 0 Å². The zero-order valence-electron chi connectivity index (χ0n) is 9.68. The van der Waals surface area contributed by atoms with Crippen LogP contribution in [0, 0.1) is 11.3 Å². The molecule has 0 aliphatic carbocycles. The number of likely N-dealkylation sites (N-methyl/N-ethyl adjacent to an activating group) is 1. The molecule has 1 aromatic rings. The molecule has 2 heterocycles. The third-order valence-corrected chi connectivity index (χ3v) is 2.97. The minimum absolute atomic E-state index is 0.00617. The molecule has 1 aliphatic heterocycles. The van der Waals surface area contributed by atoms with Gasteiger partial charge < -0.3 is 10.2 Å². The summed E-state index contributed by atoms with van der Waals surface area (Å²) in [6.07, 6.45) is 3.40. The number of pyridine rings is 1. The third-order valence-electron chi connectivity index (χ3n) is 2.97. The van der Waals surface area contributed by atoms with E-state index in [0.29, 0.717) is 11.4 Å². The Bertz CT molecular complexity index is 466.